The van der Waals surface area contributed by atoms with Crippen LogP contribution in [-0.4, -0.2) is 21.7 Å². The van der Waals surface area contributed by atoms with Crippen molar-refractivity contribution in [3.05, 3.63) is 56.5 Å². The fraction of sp³-hybridized carbons (Fsp3) is 0.333. The molecule has 0 amide bonds. The molecule has 0 spiro atoms. The number of anilines is 1. The Labute approximate surface area is 198 Å². The molecule has 2 N–H and O–H groups in total. The van der Waals surface area contributed by atoms with Crippen LogP contribution in [0.1, 0.15) is 44.1 Å². The van der Waals surface area contributed by atoms with E-state index in [0.29, 0.717) is 51.1 Å². The predicted molar refractivity (Wildman–Crippen MR) is 125 cm³/mol. The fourth-order valence-electron chi connectivity index (χ4n) is 3.87. The molecular formula is C21H19Cl2N5OS2. The molecule has 0 fully saturated rings. The van der Waals surface area contributed by atoms with Gasteiger partial charge in [0, 0.05) is 23.4 Å². The zero-order valence-electron chi connectivity index (χ0n) is 16.7. The van der Waals surface area contributed by atoms with Crippen LogP contribution in [0.2, 0.25) is 10.0 Å². The van der Waals surface area contributed by atoms with Crippen LogP contribution in [0.4, 0.5) is 5.13 Å². The zero-order chi connectivity index (χ0) is 22.1. The van der Waals surface area contributed by atoms with Gasteiger partial charge in [-0.1, -0.05) is 59.3 Å². The van der Waals surface area contributed by atoms with Crippen molar-refractivity contribution in [2.24, 2.45) is 5.73 Å². The van der Waals surface area contributed by atoms with Gasteiger partial charge in [-0.05, 0) is 37.0 Å². The van der Waals surface area contributed by atoms with Crippen molar-refractivity contribution < 1.29 is 4.79 Å². The van der Waals surface area contributed by atoms with Gasteiger partial charge in [-0.3, -0.25) is 9.69 Å². The van der Waals surface area contributed by atoms with E-state index < -0.39 is 5.92 Å². The molecule has 0 radical (unpaired) electrons. The minimum atomic E-state index is -0.583. The van der Waals surface area contributed by atoms with Crippen LogP contribution in [0, 0.1) is 11.3 Å². The van der Waals surface area contributed by atoms with Crippen molar-refractivity contribution in [3.8, 4) is 6.07 Å². The summed E-state index contributed by atoms with van der Waals surface area (Å²) in [4.78, 5) is 14.8. The Morgan fingerprint density at radius 1 is 1.32 bits per heavy atom. The largest absolute Gasteiger partial charge is 0.384 e. The fourth-order valence-corrected chi connectivity index (χ4v) is 5.98. The summed E-state index contributed by atoms with van der Waals surface area (Å²) in [7, 11) is 0. The van der Waals surface area contributed by atoms with Crippen molar-refractivity contribution in [1.82, 2.24) is 10.2 Å². The standard InChI is InChI=1S/C21H19Cl2N5OS2/c1-2-8-30-21-27-26-20(31-21)28-15-4-3-5-16(29)18(15)17(12(10-24)19(28)25)11-6-7-13(22)14(23)9-11/h6-7,9,17H,2-5,8,25H2,1H3. The van der Waals surface area contributed by atoms with Crippen LogP contribution < -0.4 is 10.6 Å². The second-order valence-corrected chi connectivity index (χ2v) is 10.3. The van der Waals surface area contributed by atoms with Crippen LogP contribution in [0.15, 0.2) is 45.2 Å². The number of nitrogens with zero attached hydrogens (tertiary/aromatic N) is 4. The van der Waals surface area contributed by atoms with E-state index in [9.17, 15) is 10.1 Å². The lowest BCUT2D eigenvalue weighted by molar-refractivity contribution is -0.116. The molecule has 10 heteroatoms. The topological polar surface area (TPSA) is 95.9 Å². The molecule has 2 aromatic rings. The quantitative estimate of drug-likeness (QED) is 0.539. The highest BCUT2D eigenvalue weighted by Gasteiger charge is 2.41. The van der Waals surface area contributed by atoms with E-state index in [0.717, 1.165) is 22.2 Å². The third kappa shape index (κ3) is 4.08. The first-order chi connectivity index (χ1) is 15.0. The first-order valence-corrected chi connectivity index (χ1v) is 12.4. The number of thioether (sulfide) groups is 1. The van der Waals surface area contributed by atoms with Gasteiger partial charge in [0.2, 0.25) is 5.13 Å². The Hall–Kier alpha value is -2.05. The number of Topliss-reactive ketones (excluding diaryl/α,β-unsaturated/α-hetero) is 1. The Morgan fingerprint density at radius 2 is 2.13 bits per heavy atom. The van der Waals surface area contributed by atoms with Crippen molar-refractivity contribution in [2.45, 2.75) is 42.9 Å². The molecule has 1 atom stereocenters. The van der Waals surface area contributed by atoms with Gasteiger partial charge >= 0.3 is 0 Å². The second-order valence-electron chi connectivity index (χ2n) is 7.19. The molecule has 1 aliphatic carbocycles. The third-order valence-corrected chi connectivity index (χ3v) is 8.19. The number of carbonyl (C=O) groups excluding carboxylic acids is 1. The van der Waals surface area contributed by atoms with Crippen molar-refractivity contribution in [1.29, 1.82) is 5.26 Å². The number of nitriles is 1. The number of hydrogen-bond donors (Lipinski definition) is 1. The number of halogens is 2. The maximum absolute atomic E-state index is 13.1. The van der Waals surface area contributed by atoms with E-state index in [4.69, 9.17) is 28.9 Å². The maximum atomic E-state index is 13.1. The molecule has 4 rings (SSSR count). The number of carbonyl (C=O) groups is 1. The summed E-state index contributed by atoms with van der Waals surface area (Å²) in [6.45, 7) is 2.10. The van der Waals surface area contributed by atoms with E-state index in [1.165, 1.54) is 11.3 Å². The summed E-state index contributed by atoms with van der Waals surface area (Å²) < 4.78 is 0.832. The molecule has 1 aliphatic heterocycles. The molecule has 2 aliphatic rings. The summed E-state index contributed by atoms with van der Waals surface area (Å²) in [5, 5.41) is 20.0. The van der Waals surface area contributed by atoms with Crippen LogP contribution in [0.3, 0.4) is 0 Å². The Balaban J connectivity index is 1.87. The molecular weight excluding hydrogens is 473 g/mol. The minimum Gasteiger partial charge on any atom is -0.384 e. The van der Waals surface area contributed by atoms with Crippen LogP contribution in [-0.2, 0) is 4.79 Å². The van der Waals surface area contributed by atoms with Crippen LogP contribution in [0.5, 0.6) is 0 Å². The summed E-state index contributed by atoms with van der Waals surface area (Å²) >= 11 is 15.4. The first-order valence-electron chi connectivity index (χ1n) is 9.83. The molecule has 160 valence electrons. The summed E-state index contributed by atoms with van der Waals surface area (Å²) in [6, 6.07) is 7.39. The van der Waals surface area contributed by atoms with Crippen LogP contribution >= 0.6 is 46.3 Å². The highest BCUT2D eigenvalue weighted by molar-refractivity contribution is 8.01. The van der Waals surface area contributed by atoms with Crippen molar-refractivity contribution >= 4 is 57.2 Å². The SMILES string of the molecule is CCCSc1nnc(N2C(N)=C(C#N)C(c3ccc(Cl)c(Cl)c3)C3=C2CCCC3=O)s1. The van der Waals surface area contributed by atoms with Gasteiger partial charge in [-0.25, -0.2) is 0 Å². The average molecular weight is 492 g/mol. The number of benzene rings is 1. The Bertz CT molecular complexity index is 1150. The molecule has 2 heterocycles. The molecule has 31 heavy (non-hydrogen) atoms. The number of nitrogens with two attached hydrogens (primary N) is 1. The monoisotopic (exact) mass is 491 g/mol. The van der Waals surface area contributed by atoms with Gasteiger partial charge in [0.05, 0.1) is 27.6 Å². The Kier molecular flexibility index (Phi) is 6.58. The number of aromatic nitrogens is 2. The predicted octanol–water partition coefficient (Wildman–Crippen LogP) is 5.65. The van der Waals surface area contributed by atoms with E-state index in [1.54, 1.807) is 34.9 Å². The van der Waals surface area contributed by atoms with E-state index >= 15 is 0 Å². The summed E-state index contributed by atoms with van der Waals surface area (Å²) in [6.07, 6.45) is 2.83. The lowest BCUT2D eigenvalue weighted by Gasteiger charge is -2.38. The zero-order valence-corrected chi connectivity index (χ0v) is 19.8. The molecule has 0 bridgehead atoms. The average Bonchev–Trinajstić information content (AvgIpc) is 3.22. The van der Waals surface area contributed by atoms with Gasteiger partial charge < -0.3 is 5.73 Å². The molecule has 6 nitrogen and oxygen atoms in total. The Morgan fingerprint density at radius 3 is 2.84 bits per heavy atom. The summed E-state index contributed by atoms with van der Waals surface area (Å²) in [5.74, 6) is 0.637. The summed E-state index contributed by atoms with van der Waals surface area (Å²) in [5.41, 5.74) is 8.91. The number of rotatable bonds is 5. The van der Waals surface area contributed by atoms with Crippen LogP contribution in [0.25, 0.3) is 0 Å². The molecule has 1 unspecified atom stereocenters. The van der Waals surface area contributed by atoms with Gasteiger partial charge in [-0.2, -0.15) is 5.26 Å². The smallest absolute Gasteiger partial charge is 0.219 e. The van der Waals surface area contributed by atoms with Gasteiger partial charge in [0.25, 0.3) is 0 Å². The van der Waals surface area contributed by atoms with E-state index in [2.05, 4.69) is 23.2 Å². The van der Waals surface area contributed by atoms with Gasteiger partial charge in [0.15, 0.2) is 10.1 Å². The molecule has 1 aromatic carbocycles. The molecule has 1 aromatic heterocycles. The van der Waals surface area contributed by atoms with Crippen molar-refractivity contribution in [2.75, 3.05) is 10.7 Å². The second kappa shape index (κ2) is 9.21. The third-order valence-electron chi connectivity index (χ3n) is 5.21. The minimum absolute atomic E-state index is 0.00710. The lowest BCUT2D eigenvalue weighted by atomic mass is 9.76. The van der Waals surface area contributed by atoms with Gasteiger partial charge in [0.1, 0.15) is 5.82 Å². The molecule has 0 saturated carbocycles. The normalized spacial score (nSPS) is 19.0. The van der Waals surface area contributed by atoms with Gasteiger partial charge in [-0.15, -0.1) is 10.2 Å². The number of hydrogen-bond acceptors (Lipinski definition) is 8. The van der Waals surface area contributed by atoms with Crippen molar-refractivity contribution in [3.63, 3.8) is 0 Å². The number of ketones is 1. The lowest BCUT2D eigenvalue weighted by Crippen LogP contribution is -2.38. The highest BCUT2D eigenvalue weighted by atomic mass is 35.5. The highest BCUT2D eigenvalue weighted by Crippen LogP contribution is 2.47. The molecule has 0 saturated heterocycles. The van der Waals surface area contributed by atoms with E-state index in [1.807, 2.05) is 0 Å². The van der Waals surface area contributed by atoms with E-state index in [-0.39, 0.29) is 11.6 Å². The first kappa shape index (κ1) is 22.2. The maximum Gasteiger partial charge on any atom is 0.219 e. The number of allylic oxidation sites excluding steroid dienone is 3.